The maximum atomic E-state index is 11.4. The van der Waals surface area contributed by atoms with Crippen LogP contribution in [-0.2, 0) is 4.74 Å². The first-order chi connectivity index (χ1) is 8.40. The lowest BCUT2D eigenvalue weighted by molar-refractivity contribution is 0.0999. The Labute approximate surface area is 108 Å². The first-order valence-corrected chi connectivity index (χ1v) is 5.93. The third-order valence-electron chi connectivity index (χ3n) is 2.37. The standard InChI is InChI=1S/C10H16N4O3S/c1-14(3-4-17-2)10-5(8(12)15)6(11)7(18-10)9(13)16/h3-4,11H2,1-2H3,(H2,12,15)(H2,13,16). The Morgan fingerprint density at radius 2 is 1.94 bits per heavy atom. The van der Waals surface area contributed by atoms with Crippen molar-refractivity contribution in [2.24, 2.45) is 11.5 Å². The highest BCUT2D eigenvalue weighted by molar-refractivity contribution is 7.19. The molecule has 1 heterocycles. The first kappa shape index (κ1) is 14.3. The number of likely N-dealkylation sites (N-methyl/N-ethyl adjacent to an activating group) is 1. The highest BCUT2D eigenvalue weighted by Gasteiger charge is 2.24. The molecule has 0 aliphatic rings. The molecule has 0 radical (unpaired) electrons. The van der Waals surface area contributed by atoms with Gasteiger partial charge < -0.3 is 26.8 Å². The quantitative estimate of drug-likeness (QED) is 0.650. The Hall–Kier alpha value is -1.80. The molecular weight excluding hydrogens is 256 g/mol. The summed E-state index contributed by atoms with van der Waals surface area (Å²) in [5.41, 5.74) is 16.4. The average molecular weight is 272 g/mol. The van der Waals surface area contributed by atoms with Gasteiger partial charge in [0.05, 0.1) is 17.9 Å². The monoisotopic (exact) mass is 272 g/mol. The minimum Gasteiger partial charge on any atom is -0.397 e. The summed E-state index contributed by atoms with van der Waals surface area (Å²) in [6.07, 6.45) is 0. The van der Waals surface area contributed by atoms with Crippen molar-refractivity contribution in [1.29, 1.82) is 0 Å². The van der Waals surface area contributed by atoms with Crippen LogP contribution < -0.4 is 22.1 Å². The topological polar surface area (TPSA) is 125 Å². The number of carbonyl (C=O) groups is 2. The molecule has 0 aliphatic carbocycles. The van der Waals surface area contributed by atoms with Crippen molar-refractivity contribution in [2.45, 2.75) is 0 Å². The van der Waals surface area contributed by atoms with Gasteiger partial charge in [-0.1, -0.05) is 0 Å². The SMILES string of the molecule is COCCN(C)c1sc(C(N)=O)c(N)c1C(N)=O. The highest BCUT2D eigenvalue weighted by Crippen LogP contribution is 2.37. The molecule has 0 saturated heterocycles. The Kier molecular flexibility index (Phi) is 4.51. The summed E-state index contributed by atoms with van der Waals surface area (Å²) in [7, 11) is 3.32. The van der Waals surface area contributed by atoms with E-state index in [4.69, 9.17) is 21.9 Å². The number of thiophene rings is 1. The molecule has 2 amide bonds. The Balaban J connectivity index is 3.21. The van der Waals surface area contributed by atoms with Gasteiger partial charge >= 0.3 is 0 Å². The second-order valence-corrected chi connectivity index (χ2v) is 4.67. The normalized spacial score (nSPS) is 10.3. The highest BCUT2D eigenvalue weighted by atomic mass is 32.1. The largest absolute Gasteiger partial charge is 0.397 e. The van der Waals surface area contributed by atoms with Gasteiger partial charge in [0.25, 0.3) is 11.8 Å². The van der Waals surface area contributed by atoms with Gasteiger partial charge in [-0.3, -0.25) is 9.59 Å². The van der Waals surface area contributed by atoms with Crippen LogP contribution in [0.5, 0.6) is 0 Å². The van der Waals surface area contributed by atoms with Crippen LogP contribution in [0.1, 0.15) is 20.0 Å². The van der Waals surface area contributed by atoms with Crippen LogP contribution in [-0.4, -0.2) is 39.1 Å². The maximum absolute atomic E-state index is 11.4. The summed E-state index contributed by atoms with van der Waals surface area (Å²) in [4.78, 5) is 24.5. The summed E-state index contributed by atoms with van der Waals surface area (Å²) in [5.74, 6) is -1.36. The number of carbonyl (C=O) groups excluding carboxylic acids is 2. The van der Waals surface area contributed by atoms with Crippen LogP contribution in [0.15, 0.2) is 0 Å². The number of ether oxygens (including phenoxy) is 1. The van der Waals surface area contributed by atoms with Gasteiger partial charge in [0, 0.05) is 20.7 Å². The van der Waals surface area contributed by atoms with E-state index in [0.29, 0.717) is 18.2 Å². The lowest BCUT2D eigenvalue weighted by Gasteiger charge is -2.17. The van der Waals surface area contributed by atoms with E-state index in [9.17, 15) is 9.59 Å². The minimum atomic E-state index is -0.685. The van der Waals surface area contributed by atoms with E-state index in [-0.39, 0.29) is 16.1 Å². The molecule has 0 unspecified atom stereocenters. The molecule has 0 spiro atoms. The second-order valence-electron chi connectivity index (χ2n) is 3.67. The van der Waals surface area contributed by atoms with Gasteiger partial charge in [-0.15, -0.1) is 11.3 Å². The second kappa shape index (κ2) is 5.69. The zero-order valence-corrected chi connectivity index (χ0v) is 11.0. The number of hydrogen-bond acceptors (Lipinski definition) is 6. The Morgan fingerprint density at radius 3 is 2.39 bits per heavy atom. The van der Waals surface area contributed by atoms with Crippen molar-refractivity contribution in [1.82, 2.24) is 0 Å². The van der Waals surface area contributed by atoms with Crippen molar-refractivity contribution in [3.05, 3.63) is 10.4 Å². The summed E-state index contributed by atoms with van der Waals surface area (Å²) in [6.45, 7) is 1.01. The molecule has 1 aromatic heterocycles. The molecule has 1 rings (SSSR count). The molecule has 8 heteroatoms. The van der Waals surface area contributed by atoms with Crippen LogP contribution in [0.4, 0.5) is 10.7 Å². The number of nitrogen functional groups attached to an aromatic ring is 1. The number of anilines is 2. The van der Waals surface area contributed by atoms with E-state index in [0.717, 1.165) is 11.3 Å². The first-order valence-electron chi connectivity index (χ1n) is 5.12. The van der Waals surface area contributed by atoms with Crippen molar-refractivity contribution in [3.63, 3.8) is 0 Å². The maximum Gasteiger partial charge on any atom is 0.260 e. The number of nitrogens with zero attached hydrogens (tertiary/aromatic N) is 1. The zero-order valence-electron chi connectivity index (χ0n) is 10.2. The third kappa shape index (κ3) is 2.71. The molecule has 0 atom stereocenters. The van der Waals surface area contributed by atoms with Gasteiger partial charge in [-0.05, 0) is 0 Å². The number of methoxy groups -OCH3 is 1. The van der Waals surface area contributed by atoms with Crippen molar-refractivity contribution < 1.29 is 14.3 Å². The van der Waals surface area contributed by atoms with Gasteiger partial charge in [-0.2, -0.15) is 0 Å². The summed E-state index contributed by atoms with van der Waals surface area (Å²) >= 11 is 1.05. The lowest BCUT2D eigenvalue weighted by atomic mass is 10.2. The van der Waals surface area contributed by atoms with Crippen LogP contribution in [0.2, 0.25) is 0 Å². The van der Waals surface area contributed by atoms with Crippen LogP contribution in [0.25, 0.3) is 0 Å². The number of primary amides is 2. The predicted molar refractivity (Wildman–Crippen MR) is 70.9 cm³/mol. The molecular formula is C10H16N4O3S. The van der Waals surface area contributed by atoms with Crippen molar-refractivity contribution in [2.75, 3.05) is 37.9 Å². The number of hydrogen-bond donors (Lipinski definition) is 3. The summed E-state index contributed by atoms with van der Waals surface area (Å²) < 4.78 is 4.94. The Morgan fingerprint density at radius 1 is 1.33 bits per heavy atom. The fourth-order valence-electron chi connectivity index (χ4n) is 1.45. The summed E-state index contributed by atoms with van der Waals surface area (Å²) in [5, 5.41) is 0.519. The number of nitrogens with two attached hydrogens (primary N) is 3. The Bertz CT molecular complexity index is 472. The molecule has 0 bridgehead atoms. The summed E-state index contributed by atoms with van der Waals surface area (Å²) in [6, 6.07) is 0. The van der Waals surface area contributed by atoms with Crippen molar-refractivity contribution in [3.8, 4) is 0 Å². The van der Waals surface area contributed by atoms with E-state index in [2.05, 4.69) is 0 Å². The minimum absolute atomic E-state index is 0.0410. The van der Waals surface area contributed by atoms with Crippen LogP contribution in [0, 0.1) is 0 Å². The van der Waals surface area contributed by atoms with Gasteiger partial charge in [0.1, 0.15) is 9.88 Å². The van der Waals surface area contributed by atoms with E-state index >= 15 is 0 Å². The fourth-order valence-corrected chi connectivity index (χ4v) is 2.52. The smallest absolute Gasteiger partial charge is 0.260 e. The van der Waals surface area contributed by atoms with Gasteiger partial charge in [0.15, 0.2) is 0 Å². The van der Waals surface area contributed by atoms with E-state index in [1.165, 1.54) is 0 Å². The molecule has 0 aliphatic heterocycles. The van der Waals surface area contributed by atoms with Crippen LogP contribution >= 0.6 is 11.3 Å². The molecule has 0 aromatic carbocycles. The molecule has 0 fully saturated rings. The molecule has 0 saturated carbocycles. The lowest BCUT2D eigenvalue weighted by Crippen LogP contribution is -2.24. The number of amides is 2. The zero-order chi connectivity index (χ0) is 13.9. The number of rotatable bonds is 6. The fraction of sp³-hybridized carbons (Fsp3) is 0.400. The molecule has 6 N–H and O–H groups in total. The predicted octanol–water partition coefficient (Wildman–Crippen LogP) is -0.389. The van der Waals surface area contributed by atoms with Gasteiger partial charge in [-0.25, -0.2) is 0 Å². The van der Waals surface area contributed by atoms with Crippen molar-refractivity contribution >= 4 is 33.8 Å². The van der Waals surface area contributed by atoms with E-state index in [1.807, 2.05) is 0 Å². The molecule has 18 heavy (non-hydrogen) atoms. The van der Waals surface area contributed by atoms with E-state index < -0.39 is 11.8 Å². The van der Waals surface area contributed by atoms with Crippen LogP contribution in [0.3, 0.4) is 0 Å². The molecule has 7 nitrogen and oxygen atoms in total. The average Bonchev–Trinajstić information content (AvgIpc) is 2.63. The third-order valence-corrected chi connectivity index (χ3v) is 3.71. The molecule has 1 aromatic rings. The van der Waals surface area contributed by atoms with E-state index in [1.54, 1.807) is 19.1 Å². The van der Waals surface area contributed by atoms with Gasteiger partial charge in [0.2, 0.25) is 0 Å². The molecule has 100 valence electrons.